The van der Waals surface area contributed by atoms with Crippen molar-refractivity contribution in [3.63, 3.8) is 0 Å². The van der Waals surface area contributed by atoms with E-state index >= 15 is 0 Å². The van der Waals surface area contributed by atoms with Crippen molar-refractivity contribution >= 4 is 34.9 Å². The van der Waals surface area contributed by atoms with Crippen LogP contribution in [0.3, 0.4) is 0 Å². The second-order valence-electron chi connectivity index (χ2n) is 4.89. The Morgan fingerprint density at radius 2 is 1.92 bits per heavy atom. The average molecular weight is 351 g/mol. The predicted molar refractivity (Wildman–Crippen MR) is 90.9 cm³/mol. The number of benzene rings is 2. The zero-order valence-corrected chi connectivity index (χ0v) is 13.7. The van der Waals surface area contributed by atoms with E-state index in [0.717, 1.165) is 0 Å². The fraction of sp³-hybridized carbons (Fsp3) is 0.176. The van der Waals surface area contributed by atoms with E-state index < -0.39 is 11.8 Å². The third kappa shape index (κ3) is 4.70. The first-order valence-corrected chi connectivity index (χ1v) is 7.55. The Morgan fingerprint density at radius 1 is 1.17 bits per heavy atom. The molecule has 126 valence electrons. The first-order chi connectivity index (χ1) is 11.5. The summed E-state index contributed by atoms with van der Waals surface area (Å²) >= 11 is 6.05. The summed E-state index contributed by atoms with van der Waals surface area (Å²) in [5, 5.41) is 5.87. The first-order valence-electron chi connectivity index (χ1n) is 7.17. The molecule has 0 bridgehead atoms. The lowest BCUT2D eigenvalue weighted by molar-refractivity contribution is -0.116. The minimum Gasteiger partial charge on any atom is -0.465 e. The summed E-state index contributed by atoms with van der Waals surface area (Å²) in [6.45, 7) is 0.268. The van der Waals surface area contributed by atoms with Crippen molar-refractivity contribution in [1.82, 2.24) is 0 Å². The quantitative estimate of drug-likeness (QED) is 0.779. The van der Waals surface area contributed by atoms with Gasteiger partial charge in [0.15, 0.2) is 0 Å². The standard InChI is InChI=1S/C17H16ClFN2O3/c1-24-17(23)11-6-7-12(18)15(10-11)20-9-8-16(22)21-14-5-3-2-4-13(14)19/h2-7,10,20H,8-9H2,1H3,(H,21,22). The number of esters is 1. The van der Waals surface area contributed by atoms with Gasteiger partial charge in [0.25, 0.3) is 0 Å². The summed E-state index contributed by atoms with van der Waals surface area (Å²) in [7, 11) is 1.29. The number of anilines is 2. The highest BCUT2D eigenvalue weighted by atomic mass is 35.5. The number of nitrogens with one attached hydrogen (secondary N) is 2. The van der Waals surface area contributed by atoms with Crippen LogP contribution in [-0.4, -0.2) is 25.5 Å². The summed E-state index contributed by atoms with van der Waals surface area (Å²) in [5.41, 5.74) is 0.992. The first kappa shape index (κ1) is 17.7. The summed E-state index contributed by atoms with van der Waals surface area (Å²) < 4.78 is 18.1. The van der Waals surface area contributed by atoms with Crippen molar-refractivity contribution in [2.75, 3.05) is 24.3 Å². The molecule has 7 heteroatoms. The SMILES string of the molecule is COC(=O)c1ccc(Cl)c(NCCC(=O)Nc2ccccc2F)c1. The Labute approximate surface area is 143 Å². The molecule has 0 unspecified atom stereocenters. The van der Waals surface area contributed by atoms with Gasteiger partial charge in [-0.25, -0.2) is 9.18 Å². The molecule has 0 atom stereocenters. The average Bonchev–Trinajstić information content (AvgIpc) is 2.58. The smallest absolute Gasteiger partial charge is 0.337 e. The van der Waals surface area contributed by atoms with Crippen LogP contribution in [0.1, 0.15) is 16.8 Å². The summed E-state index contributed by atoms with van der Waals surface area (Å²) in [4.78, 5) is 23.3. The second kappa shape index (κ2) is 8.31. The number of hydrogen-bond acceptors (Lipinski definition) is 4. The molecule has 2 N–H and O–H groups in total. The fourth-order valence-electron chi connectivity index (χ4n) is 1.99. The lowest BCUT2D eigenvalue weighted by Gasteiger charge is -2.10. The maximum absolute atomic E-state index is 13.5. The van der Waals surface area contributed by atoms with E-state index in [1.165, 1.54) is 19.2 Å². The van der Waals surface area contributed by atoms with Gasteiger partial charge in [0, 0.05) is 13.0 Å². The van der Waals surface area contributed by atoms with E-state index in [4.69, 9.17) is 11.6 Å². The fourth-order valence-corrected chi connectivity index (χ4v) is 2.18. The zero-order valence-electron chi connectivity index (χ0n) is 12.9. The Hall–Kier alpha value is -2.60. The Bertz CT molecular complexity index is 752. The molecule has 0 aliphatic rings. The zero-order chi connectivity index (χ0) is 17.5. The van der Waals surface area contributed by atoms with Crippen molar-refractivity contribution in [2.24, 2.45) is 0 Å². The molecule has 0 heterocycles. The van der Waals surface area contributed by atoms with Gasteiger partial charge in [-0.1, -0.05) is 23.7 Å². The minimum atomic E-state index is -0.493. The monoisotopic (exact) mass is 350 g/mol. The van der Waals surface area contributed by atoms with E-state index in [0.29, 0.717) is 16.3 Å². The van der Waals surface area contributed by atoms with Crippen LogP contribution in [-0.2, 0) is 9.53 Å². The van der Waals surface area contributed by atoms with Gasteiger partial charge in [0.2, 0.25) is 5.91 Å². The molecular formula is C17H16ClFN2O3. The van der Waals surface area contributed by atoms with Gasteiger partial charge >= 0.3 is 5.97 Å². The van der Waals surface area contributed by atoms with Gasteiger partial charge in [-0.05, 0) is 30.3 Å². The van der Waals surface area contributed by atoms with Gasteiger partial charge in [0.05, 0.1) is 29.1 Å². The number of ether oxygens (including phenoxy) is 1. The molecule has 0 aromatic heterocycles. The number of methoxy groups -OCH3 is 1. The molecule has 1 amide bonds. The van der Waals surface area contributed by atoms with Gasteiger partial charge in [-0.2, -0.15) is 0 Å². The van der Waals surface area contributed by atoms with E-state index in [2.05, 4.69) is 15.4 Å². The summed E-state index contributed by atoms with van der Waals surface area (Å²) in [5.74, 6) is -1.31. The molecule has 0 saturated carbocycles. The Kier molecular flexibility index (Phi) is 6.14. The minimum absolute atomic E-state index is 0.104. The van der Waals surface area contributed by atoms with Gasteiger partial charge in [-0.3, -0.25) is 4.79 Å². The van der Waals surface area contributed by atoms with Crippen molar-refractivity contribution in [3.8, 4) is 0 Å². The molecule has 0 aliphatic heterocycles. The van der Waals surface area contributed by atoms with Crippen LogP contribution in [0.15, 0.2) is 42.5 Å². The number of hydrogen-bond donors (Lipinski definition) is 2. The molecule has 0 saturated heterocycles. The normalized spacial score (nSPS) is 10.1. The molecule has 0 radical (unpaired) electrons. The van der Waals surface area contributed by atoms with E-state index in [1.54, 1.807) is 30.3 Å². The molecule has 0 fully saturated rings. The van der Waals surface area contributed by atoms with Crippen molar-refractivity contribution in [3.05, 3.63) is 58.9 Å². The molecule has 0 aliphatic carbocycles. The third-order valence-corrected chi connectivity index (χ3v) is 3.53. The van der Waals surface area contributed by atoms with Gasteiger partial charge in [-0.15, -0.1) is 0 Å². The maximum atomic E-state index is 13.5. The van der Waals surface area contributed by atoms with Crippen LogP contribution in [0.5, 0.6) is 0 Å². The number of carbonyl (C=O) groups is 2. The van der Waals surface area contributed by atoms with E-state index in [-0.39, 0.29) is 24.6 Å². The van der Waals surface area contributed by atoms with E-state index in [1.807, 2.05) is 0 Å². The molecule has 2 aromatic rings. The lowest BCUT2D eigenvalue weighted by atomic mass is 10.2. The molecular weight excluding hydrogens is 335 g/mol. The molecule has 2 rings (SSSR count). The van der Waals surface area contributed by atoms with E-state index in [9.17, 15) is 14.0 Å². The van der Waals surface area contributed by atoms with Crippen LogP contribution in [0, 0.1) is 5.82 Å². The van der Waals surface area contributed by atoms with Gasteiger partial charge < -0.3 is 15.4 Å². The van der Waals surface area contributed by atoms with Crippen LogP contribution < -0.4 is 10.6 Å². The lowest BCUT2D eigenvalue weighted by Crippen LogP contribution is -2.17. The Morgan fingerprint density at radius 3 is 2.62 bits per heavy atom. The van der Waals surface area contributed by atoms with Crippen molar-refractivity contribution in [1.29, 1.82) is 0 Å². The molecule has 24 heavy (non-hydrogen) atoms. The topological polar surface area (TPSA) is 67.4 Å². The van der Waals surface area contributed by atoms with Gasteiger partial charge in [0.1, 0.15) is 5.82 Å². The number of carbonyl (C=O) groups excluding carboxylic acids is 2. The van der Waals surface area contributed by atoms with Crippen LogP contribution in [0.2, 0.25) is 5.02 Å². The highest BCUT2D eigenvalue weighted by Crippen LogP contribution is 2.23. The highest BCUT2D eigenvalue weighted by Gasteiger charge is 2.10. The number of para-hydroxylation sites is 1. The van der Waals surface area contributed by atoms with Crippen LogP contribution in [0.25, 0.3) is 0 Å². The highest BCUT2D eigenvalue weighted by molar-refractivity contribution is 6.33. The molecule has 0 spiro atoms. The number of halogens is 2. The summed E-state index contributed by atoms with van der Waals surface area (Å²) in [6.07, 6.45) is 0.104. The second-order valence-corrected chi connectivity index (χ2v) is 5.30. The number of amides is 1. The van der Waals surface area contributed by atoms with Crippen LogP contribution >= 0.6 is 11.6 Å². The predicted octanol–water partition coefficient (Wildman–Crippen LogP) is 3.71. The maximum Gasteiger partial charge on any atom is 0.337 e. The van der Waals surface area contributed by atoms with Crippen molar-refractivity contribution < 1.29 is 18.7 Å². The van der Waals surface area contributed by atoms with Crippen LogP contribution in [0.4, 0.5) is 15.8 Å². The molecule has 2 aromatic carbocycles. The summed E-state index contributed by atoms with van der Waals surface area (Å²) in [6, 6.07) is 10.6. The largest absolute Gasteiger partial charge is 0.465 e. The van der Waals surface area contributed by atoms with Crippen molar-refractivity contribution in [2.45, 2.75) is 6.42 Å². The third-order valence-electron chi connectivity index (χ3n) is 3.20. The molecule has 5 nitrogen and oxygen atoms in total. The number of rotatable bonds is 6. The Balaban J connectivity index is 1.91.